The van der Waals surface area contributed by atoms with Crippen LogP contribution in [0.15, 0.2) is 72.8 Å². The van der Waals surface area contributed by atoms with Gasteiger partial charge in [0.1, 0.15) is 5.75 Å². The van der Waals surface area contributed by atoms with E-state index >= 15 is 0 Å². The summed E-state index contributed by atoms with van der Waals surface area (Å²) in [6, 6.07) is 20.8. The van der Waals surface area contributed by atoms with Gasteiger partial charge in [-0.25, -0.2) is 4.79 Å². The van der Waals surface area contributed by atoms with Crippen molar-refractivity contribution in [2.24, 2.45) is 0 Å². The van der Waals surface area contributed by atoms with Crippen molar-refractivity contribution in [1.82, 2.24) is 0 Å². The first-order valence-electron chi connectivity index (χ1n) is 7.96. The summed E-state index contributed by atoms with van der Waals surface area (Å²) in [6.07, 6.45) is 0. The van der Waals surface area contributed by atoms with Gasteiger partial charge in [-0.2, -0.15) is 0 Å². The first-order chi connectivity index (χ1) is 12.6. The molecule has 0 aliphatic carbocycles. The number of ether oxygens (including phenoxy) is 1. The van der Waals surface area contributed by atoms with Crippen molar-refractivity contribution in [3.63, 3.8) is 0 Å². The van der Waals surface area contributed by atoms with Gasteiger partial charge in [-0.05, 0) is 48.0 Å². The van der Waals surface area contributed by atoms with Gasteiger partial charge >= 0.3 is 5.97 Å². The van der Waals surface area contributed by atoms with E-state index in [0.717, 1.165) is 5.56 Å². The van der Waals surface area contributed by atoms with Crippen LogP contribution in [-0.2, 0) is 0 Å². The summed E-state index contributed by atoms with van der Waals surface area (Å²) in [5.41, 5.74) is 2.87. The standard InChI is InChI=1S/C21H17NO4/c1-26-19-12-11-16(20(23)22-17-5-3-2-4-6-17)13-18(19)14-7-9-15(10-8-14)21(24)25/h2-13H,1H3,(H,22,23)(H,24,25). The number of benzene rings is 3. The first kappa shape index (κ1) is 17.2. The summed E-state index contributed by atoms with van der Waals surface area (Å²) in [7, 11) is 1.55. The monoisotopic (exact) mass is 347 g/mol. The largest absolute Gasteiger partial charge is 0.496 e. The smallest absolute Gasteiger partial charge is 0.335 e. The number of aromatic carboxylic acids is 1. The number of methoxy groups -OCH3 is 1. The minimum absolute atomic E-state index is 0.200. The fourth-order valence-corrected chi connectivity index (χ4v) is 2.59. The van der Waals surface area contributed by atoms with E-state index in [1.54, 1.807) is 37.4 Å². The van der Waals surface area contributed by atoms with Gasteiger partial charge in [0.2, 0.25) is 0 Å². The van der Waals surface area contributed by atoms with Gasteiger partial charge in [-0.1, -0.05) is 30.3 Å². The first-order valence-corrected chi connectivity index (χ1v) is 7.96. The third-order valence-corrected chi connectivity index (χ3v) is 3.94. The number of rotatable bonds is 5. The number of nitrogens with one attached hydrogen (secondary N) is 1. The molecule has 0 saturated heterocycles. The molecule has 0 aromatic heterocycles. The van der Waals surface area contributed by atoms with Gasteiger partial charge in [0.25, 0.3) is 5.91 Å². The van der Waals surface area contributed by atoms with Crippen molar-refractivity contribution in [3.05, 3.63) is 83.9 Å². The maximum absolute atomic E-state index is 12.5. The van der Waals surface area contributed by atoms with Crippen LogP contribution in [0.25, 0.3) is 11.1 Å². The molecule has 0 aliphatic rings. The summed E-state index contributed by atoms with van der Waals surface area (Å²) < 4.78 is 5.38. The predicted octanol–water partition coefficient (Wildman–Crippen LogP) is 4.31. The molecule has 5 nitrogen and oxygen atoms in total. The summed E-state index contributed by atoms with van der Waals surface area (Å²) >= 11 is 0. The number of anilines is 1. The Balaban J connectivity index is 1.93. The molecule has 3 rings (SSSR count). The highest BCUT2D eigenvalue weighted by molar-refractivity contribution is 6.05. The molecule has 0 bridgehead atoms. The third kappa shape index (κ3) is 3.72. The van der Waals surface area contributed by atoms with Gasteiger partial charge in [-0.15, -0.1) is 0 Å². The highest BCUT2D eigenvalue weighted by Gasteiger charge is 2.13. The SMILES string of the molecule is COc1ccc(C(=O)Nc2ccccc2)cc1-c1ccc(C(=O)O)cc1. The van der Waals surface area contributed by atoms with Crippen LogP contribution >= 0.6 is 0 Å². The normalized spacial score (nSPS) is 10.2. The number of para-hydroxylation sites is 1. The van der Waals surface area contributed by atoms with Crippen LogP contribution in [0.2, 0.25) is 0 Å². The zero-order valence-electron chi connectivity index (χ0n) is 14.1. The van der Waals surface area contributed by atoms with Crippen molar-refractivity contribution in [2.75, 3.05) is 12.4 Å². The maximum atomic E-state index is 12.5. The molecule has 0 radical (unpaired) electrons. The molecule has 3 aromatic rings. The summed E-state index contributed by atoms with van der Waals surface area (Å²) in [4.78, 5) is 23.5. The van der Waals surface area contributed by atoms with Gasteiger partial charge in [0, 0.05) is 16.8 Å². The number of carbonyl (C=O) groups excluding carboxylic acids is 1. The lowest BCUT2D eigenvalue weighted by Crippen LogP contribution is -2.12. The van der Waals surface area contributed by atoms with E-state index in [1.807, 2.05) is 30.3 Å². The molecule has 0 heterocycles. The second-order valence-corrected chi connectivity index (χ2v) is 5.62. The summed E-state index contributed by atoms with van der Waals surface area (Å²) in [6.45, 7) is 0. The topological polar surface area (TPSA) is 75.6 Å². The van der Waals surface area contributed by atoms with E-state index < -0.39 is 5.97 Å². The molecule has 3 aromatic carbocycles. The zero-order valence-corrected chi connectivity index (χ0v) is 14.1. The number of carboxylic acid groups (broad SMARTS) is 1. The molecule has 5 heteroatoms. The molecule has 26 heavy (non-hydrogen) atoms. The highest BCUT2D eigenvalue weighted by atomic mass is 16.5. The molecule has 0 saturated carbocycles. The fraction of sp³-hybridized carbons (Fsp3) is 0.0476. The van der Waals surface area contributed by atoms with Crippen LogP contribution < -0.4 is 10.1 Å². The van der Waals surface area contributed by atoms with E-state index in [9.17, 15) is 9.59 Å². The molecule has 2 N–H and O–H groups in total. The number of carboxylic acids is 1. The Bertz CT molecular complexity index is 934. The number of hydrogen-bond donors (Lipinski definition) is 2. The van der Waals surface area contributed by atoms with Crippen molar-refractivity contribution in [1.29, 1.82) is 0 Å². The fourth-order valence-electron chi connectivity index (χ4n) is 2.59. The van der Waals surface area contributed by atoms with Gasteiger partial charge in [-0.3, -0.25) is 4.79 Å². The third-order valence-electron chi connectivity index (χ3n) is 3.94. The molecule has 130 valence electrons. The second-order valence-electron chi connectivity index (χ2n) is 5.62. The van der Waals surface area contributed by atoms with E-state index in [0.29, 0.717) is 22.6 Å². The van der Waals surface area contributed by atoms with Crippen LogP contribution in [0.1, 0.15) is 20.7 Å². The average molecular weight is 347 g/mol. The van der Waals surface area contributed by atoms with Crippen molar-refractivity contribution >= 4 is 17.6 Å². The Kier molecular flexibility index (Phi) is 4.99. The Morgan fingerprint density at radius 1 is 0.885 bits per heavy atom. The quantitative estimate of drug-likeness (QED) is 0.721. The second kappa shape index (κ2) is 7.53. The Labute approximate surface area is 150 Å². The highest BCUT2D eigenvalue weighted by Crippen LogP contribution is 2.31. The lowest BCUT2D eigenvalue weighted by Gasteiger charge is -2.12. The summed E-state index contributed by atoms with van der Waals surface area (Å²) in [5, 5.41) is 11.9. The van der Waals surface area contributed by atoms with E-state index in [-0.39, 0.29) is 11.5 Å². The van der Waals surface area contributed by atoms with Crippen LogP contribution in [0.4, 0.5) is 5.69 Å². The Morgan fingerprint density at radius 2 is 1.54 bits per heavy atom. The molecule has 0 aliphatic heterocycles. The predicted molar refractivity (Wildman–Crippen MR) is 99.8 cm³/mol. The number of carbonyl (C=O) groups is 2. The van der Waals surface area contributed by atoms with Gasteiger partial charge in [0.15, 0.2) is 0 Å². The van der Waals surface area contributed by atoms with E-state index in [4.69, 9.17) is 9.84 Å². The van der Waals surface area contributed by atoms with Crippen molar-refractivity contribution < 1.29 is 19.4 Å². The number of hydrogen-bond acceptors (Lipinski definition) is 3. The van der Waals surface area contributed by atoms with Crippen molar-refractivity contribution in [2.45, 2.75) is 0 Å². The van der Waals surface area contributed by atoms with Crippen LogP contribution in [0.3, 0.4) is 0 Å². The van der Waals surface area contributed by atoms with Crippen LogP contribution in [0.5, 0.6) is 5.75 Å². The van der Waals surface area contributed by atoms with E-state index in [1.165, 1.54) is 12.1 Å². The van der Waals surface area contributed by atoms with E-state index in [2.05, 4.69) is 5.32 Å². The molecule has 1 amide bonds. The molecular weight excluding hydrogens is 330 g/mol. The molecule has 0 fully saturated rings. The maximum Gasteiger partial charge on any atom is 0.335 e. The van der Waals surface area contributed by atoms with Gasteiger partial charge in [0.05, 0.1) is 12.7 Å². The molecule has 0 spiro atoms. The summed E-state index contributed by atoms with van der Waals surface area (Å²) in [5.74, 6) is -0.619. The number of amides is 1. The average Bonchev–Trinajstić information content (AvgIpc) is 2.68. The zero-order chi connectivity index (χ0) is 18.5. The minimum Gasteiger partial charge on any atom is -0.496 e. The van der Waals surface area contributed by atoms with Gasteiger partial charge < -0.3 is 15.2 Å². The Morgan fingerprint density at radius 3 is 2.15 bits per heavy atom. The van der Waals surface area contributed by atoms with Crippen molar-refractivity contribution in [3.8, 4) is 16.9 Å². The molecule has 0 atom stereocenters. The Hall–Kier alpha value is -3.60. The molecule has 0 unspecified atom stereocenters. The molecular formula is C21H17NO4. The minimum atomic E-state index is -0.987. The lowest BCUT2D eigenvalue weighted by atomic mass is 10.00. The van der Waals surface area contributed by atoms with Crippen LogP contribution in [-0.4, -0.2) is 24.1 Å². The lowest BCUT2D eigenvalue weighted by molar-refractivity contribution is 0.0696. The van der Waals surface area contributed by atoms with Crippen LogP contribution in [0, 0.1) is 0 Å².